The summed E-state index contributed by atoms with van der Waals surface area (Å²) < 4.78 is 6.69. The fourth-order valence-electron chi connectivity index (χ4n) is 1.15. The van der Waals surface area contributed by atoms with Gasteiger partial charge in [0.05, 0.1) is 22.6 Å². The van der Waals surface area contributed by atoms with Gasteiger partial charge in [-0.25, -0.2) is 0 Å². The van der Waals surface area contributed by atoms with Crippen LogP contribution in [-0.4, -0.2) is 4.98 Å². The maximum Gasteiger partial charge on any atom is 0.138 e. The monoisotopic (exact) mass is 317 g/mol. The maximum absolute atomic E-state index is 5.65. The minimum Gasteiger partial charge on any atom is -0.486 e. The van der Waals surface area contributed by atoms with Gasteiger partial charge in [-0.3, -0.25) is 4.98 Å². The summed E-state index contributed by atoms with van der Waals surface area (Å²) in [6.07, 6.45) is 1.69. The Kier molecular flexibility index (Phi) is 4.21. The molecule has 0 unspecified atom stereocenters. The van der Waals surface area contributed by atoms with E-state index in [2.05, 4.69) is 20.9 Å². The Bertz CT molecular complexity index is 457. The van der Waals surface area contributed by atoms with Crippen LogP contribution in [-0.2, 0) is 12.5 Å². The second kappa shape index (κ2) is 5.66. The highest BCUT2D eigenvalue weighted by atomic mass is 79.9. The quantitative estimate of drug-likeness (QED) is 0.787. The van der Waals surface area contributed by atoms with Gasteiger partial charge in [0.25, 0.3) is 0 Å². The molecular weight excluding hydrogens is 310 g/mol. The summed E-state index contributed by atoms with van der Waals surface area (Å²) in [5, 5.41) is 2.03. The molecular formula is C11H9BrClNOS. The predicted molar refractivity (Wildman–Crippen MR) is 70.1 cm³/mol. The number of hydrogen-bond donors (Lipinski definition) is 0. The number of aromatic nitrogens is 1. The standard InChI is InChI=1S/C11H9BrClNOS/c12-10-3-4-16-11(10)7-15-9-2-1-8(5-13)14-6-9/h1-4,6H,5,7H2. The third-order valence-electron chi connectivity index (χ3n) is 2.00. The van der Waals surface area contributed by atoms with Crippen molar-refractivity contribution in [3.63, 3.8) is 0 Å². The van der Waals surface area contributed by atoms with Gasteiger partial charge in [0.1, 0.15) is 12.4 Å². The Morgan fingerprint density at radius 1 is 1.38 bits per heavy atom. The summed E-state index contributed by atoms with van der Waals surface area (Å²) >= 11 is 10.8. The Morgan fingerprint density at radius 3 is 2.81 bits per heavy atom. The Hall–Kier alpha value is -0.580. The number of thiophene rings is 1. The molecule has 0 aliphatic heterocycles. The molecule has 0 aliphatic rings. The molecule has 0 N–H and O–H groups in total. The van der Waals surface area contributed by atoms with Crippen molar-refractivity contribution in [2.75, 3.05) is 0 Å². The molecule has 0 bridgehead atoms. The van der Waals surface area contributed by atoms with Gasteiger partial charge in [-0.2, -0.15) is 0 Å². The van der Waals surface area contributed by atoms with Gasteiger partial charge >= 0.3 is 0 Å². The Labute approximate surface area is 111 Å². The lowest BCUT2D eigenvalue weighted by molar-refractivity contribution is 0.308. The van der Waals surface area contributed by atoms with Crippen LogP contribution in [0.1, 0.15) is 10.6 Å². The number of ether oxygens (including phenoxy) is 1. The van der Waals surface area contributed by atoms with Crippen LogP contribution in [0.15, 0.2) is 34.2 Å². The van der Waals surface area contributed by atoms with Crippen molar-refractivity contribution < 1.29 is 4.74 Å². The number of pyridine rings is 1. The molecule has 2 rings (SSSR count). The molecule has 0 radical (unpaired) electrons. The van der Waals surface area contributed by atoms with E-state index in [-0.39, 0.29) is 0 Å². The number of rotatable bonds is 4. The van der Waals surface area contributed by atoms with Crippen LogP contribution in [0.5, 0.6) is 5.75 Å². The van der Waals surface area contributed by atoms with Crippen molar-refractivity contribution in [2.24, 2.45) is 0 Å². The lowest BCUT2D eigenvalue weighted by Gasteiger charge is -2.04. The normalized spacial score (nSPS) is 10.4. The van der Waals surface area contributed by atoms with E-state index in [4.69, 9.17) is 16.3 Å². The molecule has 0 aromatic carbocycles. The minimum absolute atomic E-state index is 0.427. The lowest BCUT2D eigenvalue weighted by Crippen LogP contribution is -1.94. The molecule has 16 heavy (non-hydrogen) atoms. The van der Waals surface area contributed by atoms with Crippen molar-refractivity contribution >= 4 is 38.9 Å². The van der Waals surface area contributed by atoms with Gasteiger partial charge in [0.15, 0.2) is 0 Å². The zero-order valence-corrected chi connectivity index (χ0v) is 11.5. The molecule has 0 saturated carbocycles. The summed E-state index contributed by atoms with van der Waals surface area (Å²) in [5.41, 5.74) is 0.853. The fraction of sp³-hybridized carbons (Fsp3) is 0.182. The molecule has 0 fully saturated rings. The lowest BCUT2D eigenvalue weighted by atomic mass is 10.4. The summed E-state index contributed by atoms with van der Waals surface area (Å²) in [6, 6.07) is 5.76. The molecule has 2 nitrogen and oxygen atoms in total. The maximum atomic E-state index is 5.65. The van der Waals surface area contributed by atoms with Gasteiger partial charge in [0.2, 0.25) is 0 Å². The van der Waals surface area contributed by atoms with E-state index in [1.807, 2.05) is 23.6 Å². The van der Waals surface area contributed by atoms with Crippen molar-refractivity contribution in [2.45, 2.75) is 12.5 Å². The third kappa shape index (κ3) is 2.97. The highest BCUT2D eigenvalue weighted by Gasteiger charge is 2.02. The van der Waals surface area contributed by atoms with Crippen molar-refractivity contribution in [1.29, 1.82) is 0 Å². The van der Waals surface area contributed by atoms with Gasteiger partial charge in [-0.15, -0.1) is 22.9 Å². The predicted octanol–water partition coefficient (Wildman–Crippen LogP) is 4.22. The van der Waals surface area contributed by atoms with Gasteiger partial charge < -0.3 is 4.74 Å². The smallest absolute Gasteiger partial charge is 0.138 e. The SMILES string of the molecule is ClCc1ccc(OCc2sccc2Br)cn1. The van der Waals surface area contributed by atoms with Crippen molar-refractivity contribution in [3.8, 4) is 5.75 Å². The first-order valence-corrected chi connectivity index (χ1v) is 6.86. The van der Waals surface area contributed by atoms with Crippen LogP contribution < -0.4 is 4.74 Å². The molecule has 0 saturated heterocycles. The number of halogens is 2. The van der Waals surface area contributed by atoms with Gasteiger partial charge in [-0.1, -0.05) is 0 Å². The van der Waals surface area contributed by atoms with Crippen LogP contribution in [0.2, 0.25) is 0 Å². The van der Waals surface area contributed by atoms with Crippen molar-refractivity contribution in [3.05, 3.63) is 44.8 Å². The molecule has 0 spiro atoms. The highest BCUT2D eigenvalue weighted by Crippen LogP contribution is 2.24. The third-order valence-corrected chi connectivity index (χ3v) is 4.17. The van der Waals surface area contributed by atoms with E-state index in [1.54, 1.807) is 17.5 Å². The van der Waals surface area contributed by atoms with Crippen LogP contribution in [0.25, 0.3) is 0 Å². The van der Waals surface area contributed by atoms with Gasteiger partial charge in [-0.05, 0) is 39.5 Å². The van der Waals surface area contributed by atoms with Crippen LogP contribution in [0.4, 0.5) is 0 Å². The topological polar surface area (TPSA) is 22.1 Å². The van der Waals surface area contributed by atoms with Crippen molar-refractivity contribution in [1.82, 2.24) is 4.98 Å². The average Bonchev–Trinajstić information content (AvgIpc) is 2.73. The zero-order valence-electron chi connectivity index (χ0n) is 8.32. The first-order valence-electron chi connectivity index (χ1n) is 4.65. The number of hydrogen-bond acceptors (Lipinski definition) is 3. The van der Waals surface area contributed by atoms with E-state index >= 15 is 0 Å². The van der Waals surface area contributed by atoms with E-state index in [9.17, 15) is 0 Å². The molecule has 0 aliphatic carbocycles. The number of nitrogens with zero attached hydrogens (tertiary/aromatic N) is 1. The second-order valence-corrected chi connectivity index (χ2v) is 5.22. The van der Waals surface area contributed by atoms with Crippen LogP contribution >= 0.6 is 38.9 Å². The first-order chi connectivity index (χ1) is 7.79. The zero-order chi connectivity index (χ0) is 11.4. The molecule has 2 aromatic rings. The van der Waals surface area contributed by atoms with E-state index in [0.29, 0.717) is 12.5 Å². The summed E-state index contributed by atoms with van der Waals surface area (Å²) in [7, 11) is 0. The molecule has 2 heterocycles. The highest BCUT2D eigenvalue weighted by molar-refractivity contribution is 9.10. The van der Waals surface area contributed by atoms with Crippen LogP contribution in [0.3, 0.4) is 0 Å². The van der Waals surface area contributed by atoms with Gasteiger partial charge in [0, 0.05) is 4.47 Å². The summed E-state index contributed by atoms with van der Waals surface area (Å²) in [4.78, 5) is 5.32. The first kappa shape index (κ1) is 11.9. The molecule has 0 amide bonds. The molecule has 5 heteroatoms. The Balaban J connectivity index is 1.97. The molecule has 0 atom stereocenters. The largest absolute Gasteiger partial charge is 0.486 e. The Morgan fingerprint density at radius 2 is 2.25 bits per heavy atom. The minimum atomic E-state index is 0.427. The summed E-state index contributed by atoms with van der Waals surface area (Å²) in [5.74, 6) is 1.19. The van der Waals surface area contributed by atoms with E-state index < -0.39 is 0 Å². The van der Waals surface area contributed by atoms with Crippen LogP contribution in [0, 0.1) is 0 Å². The average molecular weight is 319 g/mol. The second-order valence-electron chi connectivity index (χ2n) is 3.10. The summed E-state index contributed by atoms with van der Waals surface area (Å²) in [6.45, 7) is 0.556. The van der Waals surface area contributed by atoms with E-state index in [0.717, 1.165) is 15.9 Å². The fourth-order valence-corrected chi connectivity index (χ4v) is 2.69. The molecule has 84 valence electrons. The molecule has 2 aromatic heterocycles. The number of alkyl halides is 1. The van der Waals surface area contributed by atoms with E-state index in [1.165, 1.54) is 4.88 Å².